The van der Waals surface area contributed by atoms with E-state index in [9.17, 15) is 0 Å². The van der Waals surface area contributed by atoms with Gasteiger partial charge in [-0.15, -0.1) is 0 Å². The summed E-state index contributed by atoms with van der Waals surface area (Å²) in [5.41, 5.74) is 0. The Hall–Kier alpha value is 0.530. The van der Waals surface area contributed by atoms with Crippen molar-refractivity contribution in [1.82, 2.24) is 0 Å². The number of hydrogen-bond acceptors (Lipinski definition) is 4. The van der Waals surface area contributed by atoms with E-state index in [1.165, 1.54) is 7.11 Å². The summed E-state index contributed by atoms with van der Waals surface area (Å²) in [6.07, 6.45) is 0.122. The Bertz CT molecular complexity index is 158. The van der Waals surface area contributed by atoms with Crippen molar-refractivity contribution in [1.29, 1.82) is 0 Å². The monoisotopic (exact) mass is 182 g/mol. The molecule has 2 unspecified atom stereocenters. The molecule has 1 rings (SSSR count). The van der Waals surface area contributed by atoms with Gasteiger partial charge in [0.1, 0.15) is 0 Å². The van der Waals surface area contributed by atoms with Crippen molar-refractivity contribution in [3.63, 3.8) is 0 Å². The first-order chi connectivity index (χ1) is 4.57. The molecule has 0 N–H and O–H groups in total. The van der Waals surface area contributed by atoms with E-state index in [1.807, 2.05) is 13.8 Å². The van der Waals surface area contributed by atoms with Crippen LogP contribution in [0.3, 0.4) is 0 Å². The van der Waals surface area contributed by atoms with Gasteiger partial charge in [0.25, 0.3) is 0 Å². The highest BCUT2D eigenvalue weighted by atomic mass is 32.5. The Morgan fingerprint density at radius 3 is 1.90 bits per heavy atom. The third-order valence-corrected chi connectivity index (χ3v) is 4.07. The average molecular weight is 182 g/mol. The van der Waals surface area contributed by atoms with Crippen LogP contribution in [0.25, 0.3) is 0 Å². The summed E-state index contributed by atoms with van der Waals surface area (Å²) in [5.74, 6) is 0. The summed E-state index contributed by atoms with van der Waals surface area (Å²) in [6.45, 7) is 1.53. The lowest BCUT2D eigenvalue weighted by molar-refractivity contribution is 0.187. The predicted octanol–water partition coefficient (Wildman–Crippen LogP) is 1.68. The fraction of sp³-hybridized carbons (Fsp3) is 1.00. The molecule has 0 bridgehead atoms. The molecule has 2 atom stereocenters. The molecular formula is C5H11O3PS. The second kappa shape index (κ2) is 2.88. The maximum absolute atomic E-state index is 5.29. The molecule has 0 amide bonds. The maximum Gasteiger partial charge on any atom is 0.327 e. The van der Waals surface area contributed by atoms with Gasteiger partial charge in [0.15, 0.2) is 0 Å². The fourth-order valence-corrected chi connectivity index (χ4v) is 2.88. The molecule has 0 aromatic carbocycles. The minimum Gasteiger partial charge on any atom is -0.312 e. The molecule has 1 aliphatic heterocycles. The van der Waals surface area contributed by atoms with Gasteiger partial charge < -0.3 is 13.6 Å². The zero-order valence-electron chi connectivity index (χ0n) is 6.23. The lowest BCUT2D eigenvalue weighted by Gasteiger charge is -2.09. The molecule has 0 saturated carbocycles. The lowest BCUT2D eigenvalue weighted by Crippen LogP contribution is -2.13. The Balaban J connectivity index is 2.64. The molecule has 0 aliphatic carbocycles. The molecule has 10 heavy (non-hydrogen) atoms. The molecular weight excluding hydrogens is 171 g/mol. The van der Waals surface area contributed by atoms with E-state index in [4.69, 9.17) is 25.4 Å². The van der Waals surface area contributed by atoms with Crippen LogP contribution in [-0.4, -0.2) is 19.3 Å². The summed E-state index contributed by atoms with van der Waals surface area (Å²) in [4.78, 5) is 0. The summed E-state index contributed by atoms with van der Waals surface area (Å²) >= 11 is 4.97. The average Bonchev–Trinajstić information content (AvgIpc) is 2.10. The minimum atomic E-state index is -2.33. The van der Waals surface area contributed by atoms with Crippen molar-refractivity contribution in [3.05, 3.63) is 0 Å². The van der Waals surface area contributed by atoms with Gasteiger partial charge in [-0.05, 0) is 25.7 Å². The molecule has 1 saturated heterocycles. The van der Waals surface area contributed by atoms with Crippen molar-refractivity contribution >= 4 is 18.5 Å². The smallest absolute Gasteiger partial charge is 0.312 e. The SMILES string of the molecule is COP1(=S)OC(C)C(C)O1. The molecule has 60 valence electrons. The Kier molecular flexibility index (Phi) is 2.48. The van der Waals surface area contributed by atoms with Gasteiger partial charge in [0.05, 0.1) is 12.2 Å². The van der Waals surface area contributed by atoms with Gasteiger partial charge in [-0.1, -0.05) is 0 Å². The summed E-state index contributed by atoms with van der Waals surface area (Å²) in [6, 6.07) is 0. The highest BCUT2D eigenvalue weighted by molar-refractivity contribution is 8.07. The summed E-state index contributed by atoms with van der Waals surface area (Å²) in [5, 5.41) is 0. The Morgan fingerprint density at radius 2 is 1.70 bits per heavy atom. The maximum atomic E-state index is 5.29. The van der Waals surface area contributed by atoms with Crippen LogP contribution in [0, 0.1) is 0 Å². The van der Waals surface area contributed by atoms with Crippen molar-refractivity contribution < 1.29 is 13.6 Å². The first kappa shape index (κ1) is 8.62. The van der Waals surface area contributed by atoms with Crippen LogP contribution in [0.4, 0.5) is 0 Å². The quantitative estimate of drug-likeness (QED) is 0.577. The molecule has 1 aliphatic rings. The van der Waals surface area contributed by atoms with E-state index in [0.717, 1.165) is 0 Å². The van der Waals surface area contributed by atoms with Gasteiger partial charge in [-0.25, -0.2) is 0 Å². The van der Waals surface area contributed by atoms with E-state index >= 15 is 0 Å². The van der Waals surface area contributed by atoms with Crippen LogP contribution in [-0.2, 0) is 25.4 Å². The molecule has 0 spiro atoms. The van der Waals surface area contributed by atoms with Crippen molar-refractivity contribution in [3.8, 4) is 0 Å². The van der Waals surface area contributed by atoms with E-state index in [1.54, 1.807) is 0 Å². The van der Waals surface area contributed by atoms with Gasteiger partial charge >= 0.3 is 6.72 Å². The molecule has 0 aromatic heterocycles. The second-order valence-corrected chi connectivity index (χ2v) is 5.27. The van der Waals surface area contributed by atoms with Crippen LogP contribution < -0.4 is 0 Å². The predicted molar refractivity (Wildman–Crippen MR) is 42.4 cm³/mol. The highest BCUT2D eigenvalue weighted by Gasteiger charge is 2.36. The van der Waals surface area contributed by atoms with Crippen molar-refractivity contribution in [2.45, 2.75) is 26.1 Å². The zero-order chi connectivity index (χ0) is 7.78. The van der Waals surface area contributed by atoms with Crippen LogP contribution >= 0.6 is 6.72 Å². The first-order valence-electron chi connectivity index (χ1n) is 3.10. The molecule has 0 radical (unpaired) electrons. The van der Waals surface area contributed by atoms with Gasteiger partial charge in [0, 0.05) is 7.11 Å². The summed E-state index contributed by atoms with van der Waals surface area (Å²) in [7, 11) is 1.52. The van der Waals surface area contributed by atoms with Crippen molar-refractivity contribution in [2.75, 3.05) is 7.11 Å². The number of hydrogen-bond donors (Lipinski definition) is 0. The summed E-state index contributed by atoms with van der Waals surface area (Å²) < 4.78 is 15.5. The topological polar surface area (TPSA) is 27.7 Å². The third kappa shape index (κ3) is 1.57. The molecule has 5 heteroatoms. The van der Waals surface area contributed by atoms with Gasteiger partial charge in [-0.3, -0.25) is 0 Å². The number of rotatable bonds is 1. The van der Waals surface area contributed by atoms with Gasteiger partial charge in [-0.2, -0.15) is 0 Å². The lowest BCUT2D eigenvalue weighted by atomic mass is 10.3. The van der Waals surface area contributed by atoms with E-state index < -0.39 is 6.72 Å². The largest absolute Gasteiger partial charge is 0.327 e. The van der Waals surface area contributed by atoms with Crippen LogP contribution in [0.1, 0.15) is 13.8 Å². The van der Waals surface area contributed by atoms with E-state index in [-0.39, 0.29) is 12.2 Å². The first-order valence-corrected chi connectivity index (χ1v) is 5.65. The van der Waals surface area contributed by atoms with E-state index in [0.29, 0.717) is 0 Å². The Labute approximate surface area is 65.9 Å². The second-order valence-electron chi connectivity index (χ2n) is 2.25. The molecule has 1 heterocycles. The van der Waals surface area contributed by atoms with Gasteiger partial charge in [0.2, 0.25) is 0 Å². The van der Waals surface area contributed by atoms with Crippen LogP contribution in [0.15, 0.2) is 0 Å². The third-order valence-electron chi connectivity index (χ3n) is 1.48. The normalized spacial score (nSPS) is 47.9. The van der Waals surface area contributed by atoms with E-state index in [2.05, 4.69) is 0 Å². The standard InChI is InChI=1S/C5H11O3PS/c1-4-5(2)8-9(10,6-3)7-4/h4-5H,1-3H3. The minimum absolute atomic E-state index is 0.0609. The Morgan fingerprint density at radius 1 is 1.30 bits per heavy atom. The zero-order valence-corrected chi connectivity index (χ0v) is 7.95. The van der Waals surface area contributed by atoms with Crippen LogP contribution in [0.5, 0.6) is 0 Å². The molecule has 3 nitrogen and oxygen atoms in total. The van der Waals surface area contributed by atoms with Crippen LogP contribution in [0.2, 0.25) is 0 Å². The van der Waals surface area contributed by atoms with Crippen molar-refractivity contribution in [2.24, 2.45) is 0 Å². The fourth-order valence-electron chi connectivity index (χ4n) is 0.690. The molecule has 1 fully saturated rings. The highest BCUT2D eigenvalue weighted by Crippen LogP contribution is 2.56. The molecule has 0 aromatic rings.